The van der Waals surface area contributed by atoms with Crippen molar-refractivity contribution in [3.8, 4) is 11.4 Å². The first-order chi connectivity index (χ1) is 14.3. The number of hydrogen-bond acceptors (Lipinski definition) is 7. The molecule has 10 nitrogen and oxygen atoms in total. The van der Waals surface area contributed by atoms with Gasteiger partial charge in [0.05, 0.1) is 39.5 Å². The molecule has 30 heavy (non-hydrogen) atoms. The highest BCUT2D eigenvalue weighted by molar-refractivity contribution is 6.30. The van der Waals surface area contributed by atoms with Gasteiger partial charge < -0.3 is 9.90 Å². The first kappa shape index (κ1) is 22.8. The number of nitrogens with one attached hydrogen (secondary N) is 1. The van der Waals surface area contributed by atoms with Crippen molar-refractivity contribution in [2.24, 2.45) is 0 Å². The number of aromatic carboxylic acids is 1. The molecule has 0 amide bonds. The summed E-state index contributed by atoms with van der Waals surface area (Å²) >= 11 is 5.94. The number of nitro groups is 1. The largest absolute Gasteiger partial charge is 0.545 e. The Bertz CT molecular complexity index is 1040. The van der Waals surface area contributed by atoms with Crippen molar-refractivity contribution in [1.29, 1.82) is 0 Å². The van der Waals surface area contributed by atoms with Crippen LogP contribution in [-0.2, 0) is 0 Å². The third-order valence-electron chi connectivity index (χ3n) is 4.16. The molecule has 11 heteroatoms. The van der Waals surface area contributed by atoms with Gasteiger partial charge in [0.15, 0.2) is 0 Å². The van der Waals surface area contributed by atoms with E-state index in [4.69, 9.17) is 11.6 Å². The zero-order valence-corrected chi connectivity index (χ0v) is 17.5. The molecule has 0 bridgehead atoms. The Morgan fingerprint density at radius 1 is 1.23 bits per heavy atom. The number of carbonyl (C=O) groups excluding carboxylic acids is 1. The van der Waals surface area contributed by atoms with Crippen molar-refractivity contribution >= 4 is 23.3 Å². The summed E-state index contributed by atoms with van der Waals surface area (Å²) in [6, 6.07) is 11.1. The summed E-state index contributed by atoms with van der Waals surface area (Å²) in [5.41, 5.74) is 0.939. The molecule has 0 atom stereocenters. The number of aromatic nitrogens is 4. The second-order valence-corrected chi connectivity index (χ2v) is 6.56. The van der Waals surface area contributed by atoms with Crippen molar-refractivity contribution in [3.63, 3.8) is 0 Å². The van der Waals surface area contributed by atoms with Gasteiger partial charge in [0.2, 0.25) is 0 Å². The molecule has 1 N–H and O–H groups in total. The Morgan fingerprint density at radius 2 is 1.93 bits per heavy atom. The van der Waals surface area contributed by atoms with Crippen LogP contribution in [0.3, 0.4) is 0 Å². The number of tetrazole rings is 1. The lowest BCUT2D eigenvalue weighted by Crippen LogP contribution is -2.61. The molecule has 0 saturated heterocycles. The summed E-state index contributed by atoms with van der Waals surface area (Å²) < 4.78 is 0. The molecule has 0 fully saturated rings. The fourth-order valence-electron chi connectivity index (χ4n) is 2.53. The van der Waals surface area contributed by atoms with E-state index in [9.17, 15) is 20.0 Å². The van der Waals surface area contributed by atoms with Gasteiger partial charge in [-0.25, -0.2) is 5.01 Å². The second kappa shape index (κ2) is 10.3. The van der Waals surface area contributed by atoms with Crippen LogP contribution < -0.4 is 15.0 Å². The molecule has 3 rings (SSSR count). The number of rotatable bonds is 6. The molecule has 0 spiro atoms. The van der Waals surface area contributed by atoms with Gasteiger partial charge in [-0.3, -0.25) is 10.1 Å². The van der Waals surface area contributed by atoms with Gasteiger partial charge >= 0.3 is 5.82 Å². The van der Waals surface area contributed by atoms with Crippen molar-refractivity contribution in [2.45, 2.75) is 20.8 Å². The molecular weight excluding hydrogens is 412 g/mol. The summed E-state index contributed by atoms with van der Waals surface area (Å²) in [4.78, 5) is 21.8. The van der Waals surface area contributed by atoms with Gasteiger partial charge in [-0.1, -0.05) is 29.8 Å². The fraction of sp³-hybridized carbons (Fsp3) is 0.263. The lowest BCUT2D eigenvalue weighted by Gasteiger charge is -2.10. The predicted octanol–water partition coefficient (Wildman–Crippen LogP) is 1.66. The average Bonchev–Trinajstić information content (AvgIpc) is 3.19. The lowest BCUT2D eigenvalue weighted by atomic mass is 10.1. The highest BCUT2D eigenvalue weighted by Gasteiger charge is 2.17. The third kappa shape index (κ3) is 5.74. The minimum Gasteiger partial charge on any atom is -0.545 e. The Kier molecular flexibility index (Phi) is 7.82. The van der Waals surface area contributed by atoms with Crippen LogP contribution >= 0.6 is 11.6 Å². The smallest absolute Gasteiger partial charge is 0.341 e. The van der Waals surface area contributed by atoms with Gasteiger partial charge in [-0.15, -0.1) is 0 Å². The molecule has 0 aliphatic heterocycles. The van der Waals surface area contributed by atoms with Crippen molar-refractivity contribution < 1.29 is 19.7 Å². The molecule has 0 aliphatic rings. The predicted molar refractivity (Wildman–Crippen MR) is 108 cm³/mol. The molecular formula is C19H21ClN6O4. The van der Waals surface area contributed by atoms with E-state index in [1.165, 1.54) is 19.1 Å². The summed E-state index contributed by atoms with van der Waals surface area (Å²) in [5.74, 6) is -0.775. The molecule has 158 valence electrons. The normalized spacial score (nSPS) is 10.1. The first-order valence-electron chi connectivity index (χ1n) is 9.09. The zero-order chi connectivity index (χ0) is 22.3. The van der Waals surface area contributed by atoms with Crippen molar-refractivity contribution in [1.82, 2.24) is 15.4 Å². The van der Waals surface area contributed by atoms with E-state index < -0.39 is 10.9 Å². The summed E-state index contributed by atoms with van der Waals surface area (Å²) in [6.45, 7) is 7.41. The Hall–Kier alpha value is -3.53. The molecule has 1 aromatic heterocycles. The van der Waals surface area contributed by atoms with Crippen LogP contribution in [-0.4, -0.2) is 39.4 Å². The van der Waals surface area contributed by atoms with Crippen LogP contribution in [0.4, 0.5) is 5.69 Å². The monoisotopic (exact) mass is 432 g/mol. The van der Waals surface area contributed by atoms with Crippen LogP contribution in [0.1, 0.15) is 29.8 Å². The van der Waals surface area contributed by atoms with E-state index in [1.807, 2.05) is 29.3 Å². The Balaban J connectivity index is 0.000000222. The maximum atomic E-state index is 10.4. The van der Waals surface area contributed by atoms with E-state index >= 15 is 0 Å². The standard InChI is InChI=1S/C11H14ClN5.C8H7NO4/c1-3-16(4-2)17-14-11(13-15-17)9-6-5-7-10(12)8-9;1-5-2-3-6(8(10)11)4-7(5)9(12)13/h5-8H,3-4H2,1-2H3;2-4H,1H3,(H,10,11). The van der Waals surface area contributed by atoms with E-state index in [0.29, 0.717) is 16.4 Å². The van der Waals surface area contributed by atoms with E-state index in [1.54, 1.807) is 4.91 Å². The number of aryl methyl sites for hydroxylation is 1. The topological polar surface area (TPSA) is 132 Å². The number of halogens is 1. The van der Waals surface area contributed by atoms with Gasteiger partial charge in [-0.2, -0.15) is 0 Å². The van der Waals surface area contributed by atoms with Crippen molar-refractivity contribution in [3.05, 3.63) is 68.7 Å². The van der Waals surface area contributed by atoms with Crippen LogP contribution in [0.2, 0.25) is 5.02 Å². The third-order valence-corrected chi connectivity index (χ3v) is 4.39. The summed E-state index contributed by atoms with van der Waals surface area (Å²) in [5, 5.41) is 34.9. The highest BCUT2D eigenvalue weighted by Crippen LogP contribution is 2.19. The van der Waals surface area contributed by atoms with Gasteiger partial charge in [0.25, 0.3) is 5.69 Å². The number of aromatic amines is 1. The van der Waals surface area contributed by atoms with Crippen LogP contribution in [0.25, 0.3) is 11.4 Å². The summed E-state index contributed by atoms with van der Waals surface area (Å²) in [7, 11) is 0. The molecule has 0 aliphatic carbocycles. The van der Waals surface area contributed by atoms with Gasteiger partial charge in [0, 0.05) is 27.3 Å². The molecule has 1 heterocycles. The number of carboxylic acid groups (broad SMARTS) is 1. The van der Waals surface area contributed by atoms with Crippen LogP contribution in [0.15, 0.2) is 42.5 Å². The number of nitrogens with zero attached hydrogens (tertiary/aromatic N) is 5. The number of hydrogen-bond donors (Lipinski definition) is 1. The number of carboxylic acids is 1. The van der Waals surface area contributed by atoms with E-state index in [2.05, 4.69) is 29.3 Å². The van der Waals surface area contributed by atoms with E-state index in [-0.39, 0.29) is 11.3 Å². The maximum absolute atomic E-state index is 10.4. The minimum atomic E-state index is -1.41. The maximum Gasteiger partial charge on any atom is 0.341 e. The number of carbonyl (C=O) groups is 1. The zero-order valence-electron chi connectivity index (χ0n) is 16.7. The fourth-order valence-corrected chi connectivity index (χ4v) is 2.72. The van der Waals surface area contributed by atoms with Crippen molar-refractivity contribution in [2.75, 3.05) is 18.1 Å². The molecule has 0 radical (unpaired) electrons. The van der Waals surface area contributed by atoms with E-state index in [0.717, 1.165) is 24.7 Å². The molecule has 3 aromatic rings. The number of nitro benzene ring substituents is 1. The molecule has 0 unspecified atom stereocenters. The Labute approximate surface area is 177 Å². The molecule has 2 aromatic carbocycles. The number of H-pyrrole nitrogens is 1. The first-order valence-corrected chi connectivity index (χ1v) is 9.46. The van der Waals surface area contributed by atoms with Crippen LogP contribution in [0, 0.1) is 17.0 Å². The molecule has 0 saturated carbocycles. The lowest BCUT2D eigenvalue weighted by molar-refractivity contribution is -0.800. The average molecular weight is 433 g/mol. The minimum absolute atomic E-state index is 0.183. The SMILES string of the molecule is CCN(CC)[n+]1nc(-c2cccc(Cl)c2)n[nH]1.Cc1ccc(C(=O)[O-])cc1[N+](=O)[O-]. The van der Waals surface area contributed by atoms with Crippen LogP contribution in [0.5, 0.6) is 0 Å². The Morgan fingerprint density at radius 3 is 2.50 bits per heavy atom. The quantitative estimate of drug-likeness (QED) is 0.356. The van der Waals surface area contributed by atoms with Gasteiger partial charge in [-0.05, 0) is 44.2 Å². The number of benzene rings is 2. The van der Waals surface area contributed by atoms with Gasteiger partial charge in [0.1, 0.15) is 0 Å². The highest BCUT2D eigenvalue weighted by atomic mass is 35.5. The second-order valence-electron chi connectivity index (χ2n) is 6.12. The summed E-state index contributed by atoms with van der Waals surface area (Å²) in [6.07, 6.45) is 0.